The molecule has 0 aliphatic heterocycles. The zero-order chi connectivity index (χ0) is 9.42. The van der Waals surface area contributed by atoms with Gasteiger partial charge in [0.05, 0.1) is 5.02 Å². The highest BCUT2D eigenvalue weighted by molar-refractivity contribution is 6.39. The first kappa shape index (κ1) is 8.67. The first-order valence-corrected chi connectivity index (χ1v) is 4.51. The normalized spacial score (nSPS) is 10.6. The Morgan fingerprint density at radius 3 is 2.62 bits per heavy atom. The zero-order valence-corrected chi connectivity index (χ0v) is 8.10. The number of rotatable bonds is 0. The molecule has 0 atom stereocenters. The molecule has 2 aromatic carbocycles. The Kier molecular flexibility index (Phi) is 2.06. The summed E-state index contributed by atoms with van der Waals surface area (Å²) in [6, 6.07) is 8.59. The van der Waals surface area contributed by atoms with E-state index in [1.807, 2.05) is 6.07 Å². The molecule has 0 bridgehead atoms. The highest BCUT2D eigenvalue weighted by Crippen LogP contribution is 2.33. The van der Waals surface area contributed by atoms with Crippen LogP contribution in [0.5, 0.6) is 5.75 Å². The number of phenols is 1. The molecule has 13 heavy (non-hydrogen) atoms. The molecule has 0 heterocycles. The Labute approximate surface area is 85.5 Å². The summed E-state index contributed by atoms with van der Waals surface area (Å²) in [6.07, 6.45) is 0. The van der Waals surface area contributed by atoms with Crippen LogP contribution in [0.1, 0.15) is 0 Å². The molecule has 3 heteroatoms. The second-order valence-corrected chi connectivity index (χ2v) is 3.61. The fourth-order valence-corrected chi connectivity index (χ4v) is 1.93. The second kappa shape index (κ2) is 3.09. The first-order valence-electron chi connectivity index (χ1n) is 3.75. The SMILES string of the molecule is Oc1cccc2cc(Cl)cc(Cl)c12. The van der Waals surface area contributed by atoms with Gasteiger partial charge in [-0.25, -0.2) is 0 Å². The van der Waals surface area contributed by atoms with Gasteiger partial charge < -0.3 is 5.11 Å². The number of hydrogen-bond acceptors (Lipinski definition) is 1. The van der Waals surface area contributed by atoms with Crippen molar-refractivity contribution < 1.29 is 5.11 Å². The van der Waals surface area contributed by atoms with Gasteiger partial charge in [0, 0.05) is 10.4 Å². The van der Waals surface area contributed by atoms with Crippen LogP contribution in [-0.4, -0.2) is 5.11 Å². The average molecular weight is 213 g/mol. The fourth-order valence-electron chi connectivity index (χ4n) is 1.32. The third-order valence-corrected chi connectivity index (χ3v) is 2.39. The van der Waals surface area contributed by atoms with Crippen LogP contribution in [0.15, 0.2) is 30.3 Å². The van der Waals surface area contributed by atoms with E-state index in [1.165, 1.54) is 0 Å². The largest absolute Gasteiger partial charge is 0.507 e. The summed E-state index contributed by atoms with van der Waals surface area (Å²) < 4.78 is 0. The smallest absolute Gasteiger partial charge is 0.124 e. The summed E-state index contributed by atoms with van der Waals surface area (Å²) in [5.74, 6) is 0.180. The third kappa shape index (κ3) is 1.45. The molecule has 2 rings (SSSR count). The molecule has 0 aliphatic carbocycles. The maximum Gasteiger partial charge on any atom is 0.124 e. The molecule has 0 unspecified atom stereocenters. The fraction of sp³-hybridized carbons (Fsp3) is 0. The van der Waals surface area contributed by atoms with E-state index in [2.05, 4.69) is 0 Å². The van der Waals surface area contributed by atoms with Crippen LogP contribution in [0.4, 0.5) is 0 Å². The van der Waals surface area contributed by atoms with Gasteiger partial charge in [0.2, 0.25) is 0 Å². The van der Waals surface area contributed by atoms with Gasteiger partial charge in [0.15, 0.2) is 0 Å². The van der Waals surface area contributed by atoms with Crippen LogP contribution in [-0.2, 0) is 0 Å². The molecule has 1 nitrogen and oxygen atoms in total. The van der Waals surface area contributed by atoms with Crippen molar-refractivity contribution in [2.75, 3.05) is 0 Å². The Bertz CT molecular complexity index is 466. The zero-order valence-electron chi connectivity index (χ0n) is 6.59. The van der Waals surface area contributed by atoms with Gasteiger partial charge in [-0.1, -0.05) is 35.3 Å². The van der Waals surface area contributed by atoms with Gasteiger partial charge >= 0.3 is 0 Å². The molecule has 0 saturated heterocycles. The number of fused-ring (bicyclic) bond motifs is 1. The lowest BCUT2D eigenvalue weighted by Crippen LogP contribution is -1.76. The monoisotopic (exact) mass is 212 g/mol. The summed E-state index contributed by atoms with van der Waals surface area (Å²) in [4.78, 5) is 0. The minimum Gasteiger partial charge on any atom is -0.507 e. The maximum absolute atomic E-state index is 9.52. The van der Waals surface area contributed by atoms with E-state index in [0.29, 0.717) is 15.4 Å². The van der Waals surface area contributed by atoms with Gasteiger partial charge in [-0.3, -0.25) is 0 Å². The number of aromatic hydroxyl groups is 1. The molecule has 0 aromatic heterocycles. The van der Waals surface area contributed by atoms with Crippen LogP contribution in [0.2, 0.25) is 10.0 Å². The summed E-state index contributed by atoms with van der Waals surface area (Å²) in [5.41, 5.74) is 0. The highest BCUT2D eigenvalue weighted by Gasteiger charge is 2.04. The van der Waals surface area contributed by atoms with Crippen molar-refractivity contribution in [3.63, 3.8) is 0 Å². The number of phenolic OH excluding ortho intramolecular Hbond substituents is 1. The molecular formula is C10H6Cl2O. The van der Waals surface area contributed by atoms with Gasteiger partial charge in [-0.05, 0) is 23.6 Å². The molecule has 66 valence electrons. The van der Waals surface area contributed by atoms with Crippen molar-refractivity contribution in [3.05, 3.63) is 40.4 Å². The molecule has 0 spiro atoms. The van der Waals surface area contributed by atoms with Gasteiger partial charge in [0.1, 0.15) is 5.75 Å². The second-order valence-electron chi connectivity index (χ2n) is 2.76. The minimum absolute atomic E-state index is 0.180. The average Bonchev–Trinajstić information content (AvgIpc) is 2.02. The van der Waals surface area contributed by atoms with Crippen molar-refractivity contribution in [1.29, 1.82) is 0 Å². The third-order valence-electron chi connectivity index (χ3n) is 1.87. The minimum atomic E-state index is 0.180. The van der Waals surface area contributed by atoms with Crippen LogP contribution in [0.3, 0.4) is 0 Å². The molecule has 0 radical (unpaired) electrons. The molecule has 0 fully saturated rings. The molecular weight excluding hydrogens is 207 g/mol. The van der Waals surface area contributed by atoms with Crippen molar-refractivity contribution in [3.8, 4) is 5.75 Å². The predicted octanol–water partition coefficient (Wildman–Crippen LogP) is 3.85. The summed E-state index contributed by atoms with van der Waals surface area (Å²) >= 11 is 11.7. The van der Waals surface area contributed by atoms with E-state index in [0.717, 1.165) is 5.39 Å². The Morgan fingerprint density at radius 1 is 1.08 bits per heavy atom. The maximum atomic E-state index is 9.52. The number of benzene rings is 2. The van der Waals surface area contributed by atoms with Gasteiger partial charge in [0.25, 0.3) is 0 Å². The lowest BCUT2D eigenvalue weighted by atomic mass is 10.1. The highest BCUT2D eigenvalue weighted by atomic mass is 35.5. The van der Waals surface area contributed by atoms with E-state index in [9.17, 15) is 5.11 Å². The lowest BCUT2D eigenvalue weighted by molar-refractivity contribution is 0.481. The Morgan fingerprint density at radius 2 is 1.85 bits per heavy atom. The van der Waals surface area contributed by atoms with Crippen molar-refractivity contribution >= 4 is 34.0 Å². The van der Waals surface area contributed by atoms with Crippen LogP contribution in [0, 0.1) is 0 Å². The number of hydrogen-bond donors (Lipinski definition) is 1. The van der Waals surface area contributed by atoms with E-state index in [1.54, 1.807) is 24.3 Å². The van der Waals surface area contributed by atoms with Crippen molar-refractivity contribution in [1.82, 2.24) is 0 Å². The summed E-state index contributed by atoms with van der Waals surface area (Å²) in [5, 5.41) is 12.1. The molecule has 0 saturated carbocycles. The standard InChI is InChI=1S/C10H6Cl2O/c11-7-4-6-2-1-3-9(13)10(6)8(12)5-7/h1-5,13H. The van der Waals surface area contributed by atoms with Crippen molar-refractivity contribution in [2.24, 2.45) is 0 Å². The molecule has 0 aliphatic rings. The Balaban J connectivity index is 2.94. The topological polar surface area (TPSA) is 20.2 Å². The van der Waals surface area contributed by atoms with Crippen LogP contribution < -0.4 is 0 Å². The van der Waals surface area contributed by atoms with E-state index >= 15 is 0 Å². The first-order chi connectivity index (χ1) is 6.18. The quantitative estimate of drug-likeness (QED) is 0.704. The van der Waals surface area contributed by atoms with E-state index in [4.69, 9.17) is 23.2 Å². The summed E-state index contributed by atoms with van der Waals surface area (Å²) in [7, 11) is 0. The van der Waals surface area contributed by atoms with Gasteiger partial charge in [-0.2, -0.15) is 0 Å². The predicted molar refractivity (Wildman–Crippen MR) is 55.6 cm³/mol. The van der Waals surface area contributed by atoms with Crippen LogP contribution >= 0.6 is 23.2 Å². The van der Waals surface area contributed by atoms with Crippen molar-refractivity contribution in [2.45, 2.75) is 0 Å². The lowest BCUT2D eigenvalue weighted by Gasteiger charge is -2.03. The molecule has 2 aromatic rings. The Hall–Kier alpha value is -0.920. The summed E-state index contributed by atoms with van der Waals surface area (Å²) in [6.45, 7) is 0. The number of halogens is 2. The van der Waals surface area contributed by atoms with E-state index < -0.39 is 0 Å². The molecule has 0 amide bonds. The van der Waals surface area contributed by atoms with E-state index in [-0.39, 0.29) is 5.75 Å². The molecule has 1 N–H and O–H groups in total. The van der Waals surface area contributed by atoms with Crippen LogP contribution in [0.25, 0.3) is 10.8 Å². The van der Waals surface area contributed by atoms with Gasteiger partial charge in [-0.15, -0.1) is 0 Å².